The highest BCUT2D eigenvalue weighted by atomic mass is 19.1. The molecule has 0 radical (unpaired) electrons. The average Bonchev–Trinajstić information content (AvgIpc) is 2.04. The molecular weight excluding hydrogens is 167 g/mol. The standard InChI is InChI=1S/C11H13FO/c1-8(12)11(9(2)13)10-6-4-3-5-7-10/h3-7,9,13H,1-2H3/b11-8+. The highest BCUT2D eigenvalue weighted by Crippen LogP contribution is 2.22. The van der Waals surface area contributed by atoms with Crippen LogP contribution in [0.15, 0.2) is 36.2 Å². The van der Waals surface area contributed by atoms with E-state index in [1.54, 1.807) is 19.1 Å². The molecule has 1 N–H and O–H groups in total. The third-order valence-electron chi connectivity index (χ3n) is 1.87. The molecular formula is C11H13FO. The van der Waals surface area contributed by atoms with Gasteiger partial charge in [-0.1, -0.05) is 30.3 Å². The minimum absolute atomic E-state index is 0.332. The second-order valence-electron chi connectivity index (χ2n) is 2.99. The summed E-state index contributed by atoms with van der Waals surface area (Å²) in [4.78, 5) is 0. The number of allylic oxidation sites excluding steroid dienone is 1. The molecule has 0 fully saturated rings. The first-order valence-electron chi connectivity index (χ1n) is 4.22. The number of hydrogen-bond donors (Lipinski definition) is 1. The lowest BCUT2D eigenvalue weighted by Crippen LogP contribution is -2.04. The number of rotatable bonds is 2. The molecule has 0 spiro atoms. The summed E-state index contributed by atoms with van der Waals surface area (Å²) in [5.74, 6) is -0.332. The van der Waals surface area contributed by atoms with Crippen molar-refractivity contribution in [2.24, 2.45) is 0 Å². The molecule has 0 bridgehead atoms. The van der Waals surface area contributed by atoms with Gasteiger partial charge in [0.1, 0.15) is 5.83 Å². The zero-order chi connectivity index (χ0) is 9.84. The van der Waals surface area contributed by atoms with E-state index in [4.69, 9.17) is 0 Å². The highest BCUT2D eigenvalue weighted by Gasteiger charge is 2.10. The van der Waals surface area contributed by atoms with E-state index in [1.807, 2.05) is 18.2 Å². The third-order valence-corrected chi connectivity index (χ3v) is 1.87. The average molecular weight is 180 g/mol. The predicted molar refractivity (Wildman–Crippen MR) is 51.8 cm³/mol. The summed E-state index contributed by atoms with van der Waals surface area (Å²) in [6.07, 6.45) is -0.771. The molecule has 1 aromatic rings. The van der Waals surface area contributed by atoms with Crippen molar-refractivity contribution < 1.29 is 9.50 Å². The van der Waals surface area contributed by atoms with E-state index in [0.29, 0.717) is 5.57 Å². The molecule has 1 unspecified atom stereocenters. The number of aliphatic hydroxyl groups is 1. The Morgan fingerprint density at radius 2 is 1.85 bits per heavy atom. The van der Waals surface area contributed by atoms with Crippen LogP contribution in [0, 0.1) is 0 Å². The molecule has 70 valence electrons. The van der Waals surface area contributed by atoms with Crippen LogP contribution in [0.5, 0.6) is 0 Å². The zero-order valence-electron chi connectivity index (χ0n) is 7.79. The Morgan fingerprint density at radius 1 is 1.31 bits per heavy atom. The van der Waals surface area contributed by atoms with E-state index >= 15 is 0 Å². The first-order chi connectivity index (χ1) is 6.13. The van der Waals surface area contributed by atoms with E-state index in [1.165, 1.54) is 6.92 Å². The predicted octanol–water partition coefficient (Wildman–Crippen LogP) is 2.77. The minimum atomic E-state index is -0.771. The van der Waals surface area contributed by atoms with Crippen LogP contribution < -0.4 is 0 Å². The lowest BCUT2D eigenvalue weighted by molar-refractivity contribution is 0.251. The maximum Gasteiger partial charge on any atom is 0.103 e. The summed E-state index contributed by atoms with van der Waals surface area (Å²) in [6.45, 7) is 2.92. The summed E-state index contributed by atoms with van der Waals surface area (Å²) in [5, 5.41) is 9.34. The fourth-order valence-corrected chi connectivity index (χ4v) is 1.35. The van der Waals surface area contributed by atoms with Crippen molar-refractivity contribution in [2.45, 2.75) is 20.0 Å². The summed E-state index contributed by atoms with van der Waals surface area (Å²) >= 11 is 0. The van der Waals surface area contributed by atoms with Crippen LogP contribution >= 0.6 is 0 Å². The van der Waals surface area contributed by atoms with Gasteiger partial charge in [-0.05, 0) is 19.4 Å². The Morgan fingerprint density at radius 3 is 2.23 bits per heavy atom. The van der Waals surface area contributed by atoms with Crippen molar-refractivity contribution in [1.29, 1.82) is 0 Å². The number of aliphatic hydroxyl groups excluding tert-OH is 1. The van der Waals surface area contributed by atoms with Gasteiger partial charge < -0.3 is 5.11 Å². The molecule has 1 aromatic carbocycles. The molecule has 0 aromatic heterocycles. The van der Waals surface area contributed by atoms with Gasteiger partial charge in [0.2, 0.25) is 0 Å². The lowest BCUT2D eigenvalue weighted by atomic mass is 10.0. The summed E-state index contributed by atoms with van der Waals surface area (Å²) < 4.78 is 13.0. The summed E-state index contributed by atoms with van der Waals surface area (Å²) in [6, 6.07) is 9.06. The Kier molecular flexibility index (Phi) is 3.20. The molecule has 1 nitrogen and oxygen atoms in total. The number of halogens is 1. The molecule has 0 saturated heterocycles. The van der Waals surface area contributed by atoms with Crippen molar-refractivity contribution in [3.8, 4) is 0 Å². The molecule has 1 rings (SSSR count). The van der Waals surface area contributed by atoms with E-state index in [0.717, 1.165) is 5.56 Å². The molecule has 0 aliphatic heterocycles. The smallest absolute Gasteiger partial charge is 0.103 e. The topological polar surface area (TPSA) is 20.2 Å². The monoisotopic (exact) mass is 180 g/mol. The molecule has 0 heterocycles. The number of hydrogen-bond acceptors (Lipinski definition) is 1. The molecule has 13 heavy (non-hydrogen) atoms. The second-order valence-corrected chi connectivity index (χ2v) is 2.99. The van der Waals surface area contributed by atoms with Crippen LogP contribution in [0.1, 0.15) is 19.4 Å². The van der Waals surface area contributed by atoms with Crippen molar-refractivity contribution in [1.82, 2.24) is 0 Å². The number of benzene rings is 1. The Labute approximate surface area is 77.5 Å². The SMILES string of the molecule is C/C(F)=C(\c1ccccc1)C(C)O. The quantitative estimate of drug-likeness (QED) is 0.742. The normalized spacial score (nSPS) is 15.1. The van der Waals surface area contributed by atoms with E-state index < -0.39 is 6.10 Å². The maximum absolute atomic E-state index is 13.0. The van der Waals surface area contributed by atoms with Gasteiger partial charge in [0.05, 0.1) is 6.10 Å². The molecule has 2 heteroatoms. The maximum atomic E-state index is 13.0. The minimum Gasteiger partial charge on any atom is -0.389 e. The van der Waals surface area contributed by atoms with Crippen LogP contribution in [0.2, 0.25) is 0 Å². The molecule has 0 saturated carbocycles. The Hall–Kier alpha value is -1.15. The van der Waals surface area contributed by atoms with Gasteiger partial charge in [0.25, 0.3) is 0 Å². The van der Waals surface area contributed by atoms with Crippen molar-refractivity contribution >= 4 is 5.57 Å². The molecule has 0 amide bonds. The largest absolute Gasteiger partial charge is 0.389 e. The van der Waals surface area contributed by atoms with E-state index in [-0.39, 0.29) is 5.83 Å². The summed E-state index contributed by atoms with van der Waals surface area (Å²) in [5.41, 5.74) is 1.10. The second kappa shape index (κ2) is 4.19. The van der Waals surface area contributed by atoms with Gasteiger partial charge in [-0.15, -0.1) is 0 Å². The molecule has 0 aliphatic rings. The van der Waals surface area contributed by atoms with Crippen molar-refractivity contribution in [3.63, 3.8) is 0 Å². The highest BCUT2D eigenvalue weighted by molar-refractivity contribution is 5.69. The first-order valence-corrected chi connectivity index (χ1v) is 4.22. The third kappa shape index (κ3) is 2.39. The van der Waals surface area contributed by atoms with E-state index in [2.05, 4.69) is 0 Å². The zero-order valence-corrected chi connectivity index (χ0v) is 7.79. The van der Waals surface area contributed by atoms with Gasteiger partial charge in [0.15, 0.2) is 0 Å². The molecule has 0 aliphatic carbocycles. The van der Waals surface area contributed by atoms with Crippen LogP contribution in [0.25, 0.3) is 5.57 Å². The van der Waals surface area contributed by atoms with Gasteiger partial charge in [-0.25, -0.2) is 4.39 Å². The van der Waals surface area contributed by atoms with Crippen LogP contribution in [-0.2, 0) is 0 Å². The Balaban J connectivity index is 3.12. The fraction of sp³-hybridized carbons (Fsp3) is 0.273. The van der Waals surface area contributed by atoms with Crippen molar-refractivity contribution in [2.75, 3.05) is 0 Å². The van der Waals surface area contributed by atoms with Gasteiger partial charge >= 0.3 is 0 Å². The van der Waals surface area contributed by atoms with Gasteiger partial charge in [0, 0.05) is 5.57 Å². The van der Waals surface area contributed by atoms with E-state index in [9.17, 15) is 9.50 Å². The fourth-order valence-electron chi connectivity index (χ4n) is 1.35. The summed E-state index contributed by atoms with van der Waals surface area (Å²) in [7, 11) is 0. The van der Waals surface area contributed by atoms with Crippen LogP contribution in [-0.4, -0.2) is 11.2 Å². The van der Waals surface area contributed by atoms with Crippen molar-refractivity contribution in [3.05, 3.63) is 41.7 Å². The molecule has 1 atom stereocenters. The van der Waals surface area contributed by atoms with Crippen LogP contribution in [0.3, 0.4) is 0 Å². The van der Waals surface area contributed by atoms with Gasteiger partial charge in [-0.2, -0.15) is 0 Å². The van der Waals surface area contributed by atoms with Gasteiger partial charge in [-0.3, -0.25) is 0 Å². The lowest BCUT2D eigenvalue weighted by Gasteiger charge is -2.10. The first kappa shape index (κ1) is 9.93. The van der Waals surface area contributed by atoms with Crippen LogP contribution in [0.4, 0.5) is 4.39 Å². The Bertz CT molecular complexity index is 297.